The molecule has 0 spiro atoms. The van der Waals surface area contributed by atoms with Crippen LogP contribution in [0.5, 0.6) is 0 Å². The highest BCUT2D eigenvalue weighted by Crippen LogP contribution is 2.16. The molecule has 1 aliphatic heterocycles. The first-order chi connectivity index (χ1) is 11.5. The second kappa shape index (κ2) is 7.97. The fraction of sp³-hybridized carbons (Fsp3) is 0.500. The van der Waals surface area contributed by atoms with Gasteiger partial charge in [0.15, 0.2) is 5.69 Å². The zero-order chi connectivity index (χ0) is 17.3. The SMILES string of the molecule is CC(C)Cn1nc(C(=O)N2CCNC(C)C2)c2ccccc2c1=O.Cl. The highest BCUT2D eigenvalue weighted by atomic mass is 35.5. The summed E-state index contributed by atoms with van der Waals surface area (Å²) in [5.41, 5.74) is 0.240. The van der Waals surface area contributed by atoms with Crippen LogP contribution in [0, 0.1) is 5.92 Å². The third-order valence-electron chi connectivity index (χ3n) is 4.26. The van der Waals surface area contributed by atoms with Gasteiger partial charge in [-0.1, -0.05) is 32.0 Å². The molecule has 2 aromatic rings. The maximum absolute atomic E-state index is 13.0. The number of hydrogen-bond acceptors (Lipinski definition) is 4. The van der Waals surface area contributed by atoms with Crippen molar-refractivity contribution in [2.24, 2.45) is 5.92 Å². The number of rotatable bonds is 3. The van der Waals surface area contributed by atoms with Gasteiger partial charge < -0.3 is 10.2 Å². The lowest BCUT2D eigenvalue weighted by Crippen LogP contribution is -2.51. The number of nitrogens with one attached hydrogen (secondary N) is 1. The summed E-state index contributed by atoms with van der Waals surface area (Å²) in [4.78, 5) is 27.5. The fourth-order valence-corrected chi connectivity index (χ4v) is 3.13. The number of carbonyl (C=O) groups is 1. The molecule has 1 saturated heterocycles. The minimum atomic E-state index is -0.135. The average Bonchev–Trinajstić information content (AvgIpc) is 2.56. The van der Waals surface area contributed by atoms with Crippen molar-refractivity contribution in [2.45, 2.75) is 33.4 Å². The number of hydrogen-bond donors (Lipinski definition) is 1. The average molecular weight is 365 g/mol. The van der Waals surface area contributed by atoms with Gasteiger partial charge in [0.25, 0.3) is 11.5 Å². The summed E-state index contributed by atoms with van der Waals surface area (Å²) in [5.74, 6) is 0.176. The van der Waals surface area contributed by atoms with E-state index in [2.05, 4.69) is 17.3 Å². The van der Waals surface area contributed by atoms with Crippen molar-refractivity contribution < 1.29 is 4.79 Å². The molecule has 1 atom stereocenters. The number of halogens is 1. The zero-order valence-electron chi connectivity index (χ0n) is 14.9. The largest absolute Gasteiger partial charge is 0.334 e. The standard InChI is InChI=1S/C18H24N4O2.ClH/c1-12(2)10-22-17(23)15-7-5-4-6-14(15)16(20-22)18(24)21-9-8-19-13(3)11-21;/h4-7,12-13,19H,8-11H2,1-3H3;1H. The van der Waals surface area contributed by atoms with Crippen LogP contribution in [-0.4, -0.2) is 46.3 Å². The maximum atomic E-state index is 13.0. The summed E-state index contributed by atoms with van der Waals surface area (Å²) in [7, 11) is 0. The second-order valence-corrected chi connectivity index (χ2v) is 6.88. The molecule has 0 aliphatic carbocycles. The van der Waals surface area contributed by atoms with Crippen molar-refractivity contribution in [3.8, 4) is 0 Å². The van der Waals surface area contributed by atoms with Crippen molar-refractivity contribution >= 4 is 29.1 Å². The summed E-state index contributed by atoms with van der Waals surface area (Å²) in [6, 6.07) is 7.50. The molecule has 1 aromatic heterocycles. The van der Waals surface area contributed by atoms with Crippen molar-refractivity contribution in [1.29, 1.82) is 0 Å². The lowest BCUT2D eigenvalue weighted by atomic mass is 10.1. The molecule has 25 heavy (non-hydrogen) atoms. The van der Waals surface area contributed by atoms with Gasteiger partial charge in [-0.3, -0.25) is 9.59 Å². The molecule has 1 N–H and O–H groups in total. The molecule has 0 saturated carbocycles. The molecule has 1 unspecified atom stereocenters. The number of piperazine rings is 1. The van der Waals surface area contributed by atoms with Gasteiger partial charge in [0.1, 0.15) is 0 Å². The van der Waals surface area contributed by atoms with Crippen LogP contribution < -0.4 is 10.9 Å². The first kappa shape index (κ1) is 19.4. The van der Waals surface area contributed by atoms with E-state index < -0.39 is 0 Å². The molecule has 1 aromatic carbocycles. The number of nitrogens with zero attached hydrogens (tertiary/aromatic N) is 3. The summed E-state index contributed by atoms with van der Waals surface area (Å²) in [6.07, 6.45) is 0. The fourth-order valence-electron chi connectivity index (χ4n) is 3.13. The van der Waals surface area contributed by atoms with Crippen LogP contribution >= 0.6 is 12.4 Å². The lowest BCUT2D eigenvalue weighted by molar-refractivity contribution is 0.0702. The molecule has 3 rings (SSSR count). The number of amides is 1. The molecule has 136 valence electrons. The number of aromatic nitrogens is 2. The molecule has 1 fully saturated rings. The van der Waals surface area contributed by atoms with E-state index >= 15 is 0 Å². The number of fused-ring (bicyclic) bond motifs is 1. The van der Waals surface area contributed by atoms with Crippen LogP contribution in [0.3, 0.4) is 0 Å². The molecule has 7 heteroatoms. The molecular weight excluding hydrogens is 340 g/mol. The van der Waals surface area contributed by atoms with E-state index in [4.69, 9.17) is 0 Å². The highest BCUT2D eigenvalue weighted by Gasteiger charge is 2.25. The van der Waals surface area contributed by atoms with Crippen molar-refractivity contribution in [3.63, 3.8) is 0 Å². The van der Waals surface area contributed by atoms with Crippen molar-refractivity contribution in [2.75, 3.05) is 19.6 Å². The van der Waals surface area contributed by atoms with Crippen LogP contribution in [0.2, 0.25) is 0 Å². The van der Waals surface area contributed by atoms with E-state index in [0.29, 0.717) is 36.1 Å². The Bertz CT molecular complexity index is 818. The lowest BCUT2D eigenvalue weighted by Gasteiger charge is -2.31. The summed E-state index contributed by atoms with van der Waals surface area (Å²) in [6.45, 7) is 8.70. The summed E-state index contributed by atoms with van der Waals surface area (Å²) < 4.78 is 1.44. The summed E-state index contributed by atoms with van der Waals surface area (Å²) in [5, 5.41) is 8.96. The van der Waals surface area contributed by atoms with E-state index in [-0.39, 0.29) is 35.8 Å². The predicted molar refractivity (Wildman–Crippen MR) is 101 cm³/mol. The molecule has 6 nitrogen and oxygen atoms in total. The van der Waals surface area contributed by atoms with Gasteiger partial charge in [-0.05, 0) is 18.9 Å². The van der Waals surface area contributed by atoms with Crippen LogP contribution in [0.4, 0.5) is 0 Å². The third kappa shape index (κ3) is 4.02. The van der Waals surface area contributed by atoms with Gasteiger partial charge in [-0.15, -0.1) is 12.4 Å². The third-order valence-corrected chi connectivity index (χ3v) is 4.26. The van der Waals surface area contributed by atoms with Crippen LogP contribution in [0.25, 0.3) is 10.8 Å². The van der Waals surface area contributed by atoms with E-state index in [9.17, 15) is 9.59 Å². The minimum Gasteiger partial charge on any atom is -0.334 e. The smallest absolute Gasteiger partial charge is 0.275 e. The molecule has 0 radical (unpaired) electrons. The van der Waals surface area contributed by atoms with Crippen molar-refractivity contribution in [1.82, 2.24) is 20.0 Å². The van der Waals surface area contributed by atoms with Gasteiger partial charge in [0.05, 0.1) is 5.39 Å². The highest BCUT2D eigenvalue weighted by molar-refractivity contribution is 6.04. The Kier molecular flexibility index (Phi) is 6.19. The van der Waals surface area contributed by atoms with E-state index in [0.717, 1.165) is 6.54 Å². The number of carbonyl (C=O) groups excluding carboxylic acids is 1. The maximum Gasteiger partial charge on any atom is 0.275 e. The Balaban J connectivity index is 0.00000225. The van der Waals surface area contributed by atoms with Gasteiger partial charge >= 0.3 is 0 Å². The Morgan fingerprint density at radius 1 is 1.32 bits per heavy atom. The van der Waals surface area contributed by atoms with E-state index in [1.54, 1.807) is 6.07 Å². The first-order valence-corrected chi connectivity index (χ1v) is 8.50. The minimum absolute atomic E-state index is 0. The Labute approximate surface area is 153 Å². The Morgan fingerprint density at radius 3 is 2.64 bits per heavy atom. The first-order valence-electron chi connectivity index (χ1n) is 8.50. The monoisotopic (exact) mass is 364 g/mol. The van der Waals surface area contributed by atoms with Crippen molar-refractivity contribution in [3.05, 3.63) is 40.3 Å². The molecule has 0 bridgehead atoms. The Morgan fingerprint density at radius 2 is 2.00 bits per heavy atom. The number of benzene rings is 1. The Hall–Kier alpha value is -1.92. The van der Waals surface area contributed by atoms with E-state index in [1.807, 2.05) is 36.9 Å². The van der Waals surface area contributed by atoms with Gasteiger partial charge in [0.2, 0.25) is 0 Å². The predicted octanol–water partition coefficient (Wildman–Crippen LogP) is 1.91. The topological polar surface area (TPSA) is 67.2 Å². The normalized spacial score (nSPS) is 17.6. The molecular formula is C18H25ClN4O2. The van der Waals surface area contributed by atoms with Crippen LogP contribution in [0.1, 0.15) is 31.3 Å². The van der Waals surface area contributed by atoms with Gasteiger partial charge in [-0.25, -0.2) is 4.68 Å². The van der Waals surface area contributed by atoms with Crippen LogP contribution in [-0.2, 0) is 6.54 Å². The summed E-state index contributed by atoms with van der Waals surface area (Å²) >= 11 is 0. The van der Waals surface area contributed by atoms with Gasteiger partial charge in [-0.2, -0.15) is 5.10 Å². The molecule has 1 aliphatic rings. The molecule has 1 amide bonds. The second-order valence-electron chi connectivity index (χ2n) is 6.88. The van der Waals surface area contributed by atoms with E-state index in [1.165, 1.54) is 4.68 Å². The molecule has 2 heterocycles. The zero-order valence-corrected chi connectivity index (χ0v) is 15.7. The quantitative estimate of drug-likeness (QED) is 0.903. The van der Waals surface area contributed by atoms with Gasteiger partial charge in [0, 0.05) is 37.6 Å². The van der Waals surface area contributed by atoms with Crippen LogP contribution in [0.15, 0.2) is 29.1 Å².